The van der Waals surface area contributed by atoms with E-state index < -0.39 is 29.1 Å². The van der Waals surface area contributed by atoms with Crippen molar-refractivity contribution in [2.45, 2.75) is 39.7 Å². The fourth-order valence-electron chi connectivity index (χ4n) is 5.53. The van der Waals surface area contributed by atoms with Crippen LogP contribution in [0.15, 0.2) is 54.6 Å². The molecule has 2 atom stereocenters. The lowest BCUT2D eigenvalue weighted by atomic mass is 9.67. The van der Waals surface area contributed by atoms with Crippen molar-refractivity contribution >= 4 is 23.7 Å². The Hall–Kier alpha value is -3.48. The molecule has 0 bridgehead atoms. The van der Waals surface area contributed by atoms with E-state index in [-0.39, 0.29) is 24.8 Å². The molecule has 4 rings (SSSR count). The Morgan fingerprint density at radius 3 is 2.12 bits per heavy atom. The van der Waals surface area contributed by atoms with Crippen LogP contribution in [0.25, 0.3) is 0 Å². The van der Waals surface area contributed by atoms with Crippen molar-refractivity contribution in [3.8, 4) is 0 Å². The summed E-state index contributed by atoms with van der Waals surface area (Å²) in [5.74, 6) is -2.92. The number of hydrogen-bond acceptors (Lipinski definition) is 4. The molecule has 2 aromatic rings. The molecular formula is C27H30N2O5. The van der Waals surface area contributed by atoms with E-state index in [0.29, 0.717) is 37.1 Å². The molecule has 1 N–H and O–H groups in total. The van der Waals surface area contributed by atoms with E-state index >= 15 is 0 Å². The van der Waals surface area contributed by atoms with E-state index in [9.17, 15) is 24.3 Å². The van der Waals surface area contributed by atoms with Gasteiger partial charge in [-0.05, 0) is 42.9 Å². The van der Waals surface area contributed by atoms with Gasteiger partial charge in [-0.2, -0.15) is 0 Å². The van der Waals surface area contributed by atoms with Crippen molar-refractivity contribution in [2.75, 3.05) is 13.1 Å². The lowest BCUT2D eigenvalue weighted by Crippen LogP contribution is -2.45. The lowest BCUT2D eigenvalue weighted by molar-refractivity contribution is -0.155. The van der Waals surface area contributed by atoms with Crippen molar-refractivity contribution in [3.63, 3.8) is 0 Å². The van der Waals surface area contributed by atoms with Crippen molar-refractivity contribution in [1.82, 2.24) is 9.80 Å². The fourth-order valence-corrected chi connectivity index (χ4v) is 5.53. The van der Waals surface area contributed by atoms with Gasteiger partial charge in [-0.15, -0.1) is 0 Å². The maximum absolute atomic E-state index is 13.7. The van der Waals surface area contributed by atoms with Crippen LogP contribution in [-0.2, 0) is 16.1 Å². The zero-order valence-electron chi connectivity index (χ0n) is 19.6. The smallest absolute Gasteiger partial charge is 0.307 e. The highest BCUT2D eigenvalue weighted by atomic mass is 16.4. The number of benzene rings is 2. The number of carbonyl (C=O) groups excluding carboxylic acids is 3. The second-order valence-corrected chi connectivity index (χ2v) is 9.70. The molecule has 2 aliphatic heterocycles. The van der Waals surface area contributed by atoms with E-state index in [4.69, 9.17) is 0 Å². The Morgan fingerprint density at radius 1 is 0.971 bits per heavy atom. The van der Waals surface area contributed by atoms with Gasteiger partial charge in [0.05, 0.1) is 22.5 Å². The molecule has 0 saturated carbocycles. The van der Waals surface area contributed by atoms with E-state index in [0.717, 1.165) is 10.5 Å². The van der Waals surface area contributed by atoms with Gasteiger partial charge in [-0.3, -0.25) is 24.1 Å². The quantitative estimate of drug-likeness (QED) is 0.572. The van der Waals surface area contributed by atoms with Crippen LogP contribution in [0.4, 0.5) is 0 Å². The SMILES string of the molecule is CC(C)CC1(C(CCN2C(=O)c3ccccc3C2=O)C(=O)O)CCN(Cc2ccccc2)C1=O. The highest BCUT2D eigenvalue weighted by molar-refractivity contribution is 6.21. The van der Waals surface area contributed by atoms with Crippen LogP contribution in [0.3, 0.4) is 0 Å². The molecule has 1 fully saturated rings. The maximum Gasteiger partial charge on any atom is 0.307 e. The Bertz CT molecular complexity index is 1080. The number of nitrogens with zero attached hydrogens (tertiary/aromatic N) is 2. The minimum atomic E-state index is -1.06. The van der Waals surface area contributed by atoms with Gasteiger partial charge >= 0.3 is 5.97 Å². The van der Waals surface area contributed by atoms with Crippen molar-refractivity contribution in [1.29, 1.82) is 0 Å². The van der Waals surface area contributed by atoms with Gasteiger partial charge in [0, 0.05) is 19.6 Å². The Morgan fingerprint density at radius 2 is 1.56 bits per heavy atom. The van der Waals surface area contributed by atoms with E-state index in [1.165, 1.54) is 0 Å². The van der Waals surface area contributed by atoms with E-state index in [1.807, 2.05) is 44.2 Å². The van der Waals surface area contributed by atoms with E-state index in [2.05, 4.69) is 0 Å². The summed E-state index contributed by atoms with van der Waals surface area (Å²) in [5.41, 5.74) is 0.603. The third-order valence-corrected chi connectivity index (χ3v) is 7.01. The number of imide groups is 1. The van der Waals surface area contributed by atoms with Crippen LogP contribution in [0.2, 0.25) is 0 Å². The van der Waals surface area contributed by atoms with Crippen molar-refractivity contribution in [3.05, 3.63) is 71.3 Å². The van der Waals surface area contributed by atoms with Gasteiger partial charge in [-0.25, -0.2) is 0 Å². The molecular weight excluding hydrogens is 432 g/mol. The molecule has 0 spiro atoms. The molecule has 0 radical (unpaired) electrons. The van der Waals surface area contributed by atoms with Crippen LogP contribution in [0.1, 0.15) is 59.4 Å². The summed E-state index contributed by atoms with van der Waals surface area (Å²) in [6.07, 6.45) is 0.921. The summed E-state index contributed by atoms with van der Waals surface area (Å²) >= 11 is 0. The molecule has 2 aliphatic rings. The third-order valence-electron chi connectivity index (χ3n) is 7.01. The second kappa shape index (κ2) is 9.41. The molecule has 2 aromatic carbocycles. The molecule has 1 saturated heterocycles. The van der Waals surface area contributed by atoms with Gasteiger partial charge < -0.3 is 10.0 Å². The molecule has 34 heavy (non-hydrogen) atoms. The fraction of sp³-hybridized carbons (Fsp3) is 0.407. The lowest BCUT2D eigenvalue weighted by Gasteiger charge is -2.35. The molecule has 7 nitrogen and oxygen atoms in total. The zero-order chi connectivity index (χ0) is 24.5. The highest BCUT2D eigenvalue weighted by Gasteiger charge is 2.54. The first-order valence-corrected chi connectivity index (χ1v) is 11.8. The normalized spacial score (nSPS) is 20.9. The summed E-state index contributed by atoms with van der Waals surface area (Å²) in [6.45, 7) is 4.85. The number of amides is 3. The molecule has 0 aliphatic carbocycles. The van der Waals surface area contributed by atoms with Crippen molar-refractivity contribution in [2.24, 2.45) is 17.3 Å². The van der Waals surface area contributed by atoms with Crippen LogP contribution in [0.5, 0.6) is 0 Å². The zero-order valence-corrected chi connectivity index (χ0v) is 19.6. The topological polar surface area (TPSA) is 95.0 Å². The molecule has 178 valence electrons. The Kier molecular flexibility index (Phi) is 6.55. The van der Waals surface area contributed by atoms with Crippen molar-refractivity contribution < 1.29 is 24.3 Å². The van der Waals surface area contributed by atoms with Crippen LogP contribution < -0.4 is 0 Å². The number of aliphatic carboxylic acids is 1. The highest BCUT2D eigenvalue weighted by Crippen LogP contribution is 2.46. The number of carboxylic acid groups (broad SMARTS) is 1. The summed E-state index contributed by atoms with van der Waals surface area (Å²) < 4.78 is 0. The third kappa shape index (κ3) is 4.22. The maximum atomic E-state index is 13.7. The van der Waals surface area contributed by atoms with E-state index in [1.54, 1.807) is 29.2 Å². The predicted molar refractivity (Wildman–Crippen MR) is 126 cm³/mol. The van der Waals surface area contributed by atoms with Crippen LogP contribution in [0, 0.1) is 17.3 Å². The number of rotatable bonds is 9. The number of likely N-dealkylation sites (tertiary alicyclic amines) is 1. The first-order chi connectivity index (χ1) is 16.2. The largest absolute Gasteiger partial charge is 0.481 e. The Balaban J connectivity index is 1.56. The van der Waals surface area contributed by atoms with Crippen LogP contribution >= 0.6 is 0 Å². The van der Waals surface area contributed by atoms with Gasteiger partial charge in [0.2, 0.25) is 5.91 Å². The minimum absolute atomic E-state index is 0.0326. The average Bonchev–Trinajstić information content (AvgIpc) is 3.24. The molecule has 2 unspecified atom stereocenters. The molecule has 0 aromatic heterocycles. The molecule has 3 amide bonds. The summed E-state index contributed by atoms with van der Waals surface area (Å²) in [6, 6.07) is 16.3. The number of fused-ring (bicyclic) bond motifs is 1. The standard InChI is InChI=1S/C27H30N2O5/c1-18(2)16-27(13-15-28(26(27)34)17-19-8-4-3-5-9-19)22(25(32)33)12-14-29-23(30)20-10-6-7-11-21(20)24(29)31/h3-11,18,22H,12-17H2,1-2H3,(H,32,33). The van der Waals surface area contributed by atoms with Gasteiger partial charge in [0.25, 0.3) is 11.8 Å². The summed E-state index contributed by atoms with van der Waals surface area (Å²) in [4.78, 5) is 54.6. The number of hydrogen-bond donors (Lipinski definition) is 1. The Labute approximate surface area is 199 Å². The minimum Gasteiger partial charge on any atom is -0.481 e. The number of carbonyl (C=O) groups is 4. The summed E-state index contributed by atoms with van der Waals surface area (Å²) in [5, 5.41) is 10.2. The summed E-state index contributed by atoms with van der Waals surface area (Å²) in [7, 11) is 0. The number of carboxylic acids is 1. The monoisotopic (exact) mass is 462 g/mol. The first kappa shape index (κ1) is 23.7. The second-order valence-electron chi connectivity index (χ2n) is 9.70. The van der Waals surface area contributed by atoms with Gasteiger partial charge in [-0.1, -0.05) is 56.3 Å². The molecule has 2 heterocycles. The van der Waals surface area contributed by atoms with Gasteiger partial charge in [0.1, 0.15) is 0 Å². The predicted octanol–water partition coefficient (Wildman–Crippen LogP) is 3.84. The first-order valence-electron chi connectivity index (χ1n) is 11.8. The average molecular weight is 463 g/mol. The van der Waals surface area contributed by atoms with Gasteiger partial charge in [0.15, 0.2) is 0 Å². The molecule has 7 heteroatoms. The van der Waals surface area contributed by atoms with Crippen LogP contribution in [-0.4, -0.2) is 51.7 Å².